The van der Waals surface area contributed by atoms with Crippen LogP contribution in [0.1, 0.15) is 0 Å². The zero-order valence-electron chi connectivity index (χ0n) is 10.5. The molecule has 0 heterocycles. The third-order valence-corrected chi connectivity index (χ3v) is 2.80. The summed E-state index contributed by atoms with van der Waals surface area (Å²) in [7, 11) is 0. The Morgan fingerprint density at radius 2 is 0.800 bits per heavy atom. The first-order valence-corrected chi connectivity index (χ1v) is 4.99. The molecule has 0 aliphatic rings. The van der Waals surface area contributed by atoms with E-state index in [0.29, 0.717) is 0 Å². The number of carbonyl (C=O) groups is 1. The Balaban J connectivity index is 7.46. The molecule has 0 N–H and O–H groups in total. The molecule has 0 aliphatic heterocycles. The van der Waals surface area contributed by atoms with Gasteiger partial charge in [0.15, 0.2) is 0 Å². The summed E-state index contributed by atoms with van der Waals surface area (Å²) in [6.45, 7) is 0. The van der Waals surface area contributed by atoms with Crippen LogP contribution in [0.4, 0.5) is 65.9 Å². The minimum Gasteiger partial charge on any atom is -0.544 e. The van der Waals surface area contributed by atoms with Crippen molar-refractivity contribution in [3.05, 3.63) is 0 Å². The first kappa shape index (κ1) is 23.4. The number of carbonyl (C=O) groups excluding carboxylic acids is 1. The number of hydrogen-bond acceptors (Lipinski definition) is 2. The van der Waals surface area contributed by atoms with E-state index < -0.39 is 47.7 Å². The maximum atomic E-state index is 13.2. The van der Waals surface area contributed by atoms with Crippen LogP contribution in [0.15, 0.2) is 0 Å². The third-order valence-electron chi connectivity index (χ3n) is 2.80. The molecule has 0 amide bonds. The number of carboxylic acid groups (broad SMARTS) is 1. The molecule has 0 aromatic carbocycles. The number of alkyl halides is 15. The molecule has 0 saturated heterocycles. The Morgan fingerprint density at radius 1 is 0.520 bits per heavy atom. The number of halogens is 15. The van der Waals surface area contributed by atoms with E-state index >= 15 is 0 Å². The first-order chi connectivity index (χ1) is 10.4. The molecule has 0 aliphatic carbocycles. The molecule has 25 heavy (non-hydrogen) atoms. The lowest BCUT2D eigenvalue weighted by atomic mass is 9.70. The second-order valence-electron chi connectivity index (χ2n) is 4.25. The average Bonchev–Trinajstić information content (AvgIpc) is 2.21. The molecule has 0 saturated carbocycles. The summed E-state index contributed by atoms with van der Waals surface area (Å²) in [6, 6.07) is 0. The number of carboxylic acids is 1. The molecule has 17 heteroatoms. The van der Waals surface area contributed by atoms with E-state index in [1.165, 1.54) is 0 Å². The molecule has 2 nitrogen and oxygen atoms in total. The molecule has 0 rings (SSSR count). The summed E-state index contributed by atoms with van der Waals surface area (Å²) in [5.41, 5.74) is -8.67. The van der Waals surface area contributed by atoms with Crippen molar-refractivity contribution in [1.82, 2.24) is 0 Å². The monoisotopic (exact) mass is 413 g/mol. The Labute approximate surface area is 125 Å². The molecule has 150 valence electrons. The van der Waals surface area contributed by atoms with Crippen molar-refractivity contribution in [3.63, 3.8) is 0 Å². The van der Waals surface area contributed by atoms with Gasteiger partial charge in [0.2, 0.25) is 0 Å². The molecule has 0 fully saturated rings. The maximum absolute atomic E-state index is 13.2. The Morgan fingerprint density at radius 3 is 0.960 bits per heavy atom. The summed E-state index contributed by atoms with van der Waals surface area (Å²) in [6.07, 6.45) is -24.6. The van der Waals surface area contributed by atoms with Crippen molar-refractivity contribution < 1.29 is 75.8 Å². The fourth-order valence-electron chi connectivity index (χ4n) is 1.64. The standard InChI is InChI=1S/C8HF15O2/c9-2(10,1(24)25)3(6(15,16)17,7(18,19)20)4(11,12)5(13,14)8(21,22)23/h(H,24,25)/p-1. The smallest absolute Gasteiger partial charge is 0.459 e. The van der Waals surface area contributed by atoms with Crippen LogP contribution in [0.25, 0.3) is 0 Å². The zero-order chi connectivity index (χ0) is 21.1. The van der Waals surface area contributed by atoms with Crippen molar-refractivity contribution in [2.75, 3.05) is 0 Å². The van der Waals surface area contributed by atoms with Crippen LogP contribution in [0.2, 0.25) is 0 Å². The van der Waals surface area contributed by atoms with E-state index in [1.807, 2.05) is 0 Å². The lowest BCUT2D eigenvalue weighted by Crippen LogP contribution is -2.78. The van der Waals surface area contributed by atoms with E-state index in [0.717, 1.165) is 0 Å². The van der Waals surface area contributed by atoms with Gasteiger partial charge >= 0.3 is 36.3 Å². The average molecular weight is 413 g/mol. The van der Waals surface area contributed by atoms with Crippen molar-refractivity contribution in [2.45, 2.75) is 36.3 Å². The zero-order valence-corrected chi connectivity index (χ0v) is 10.5. The SMILES string of the molecule is O=C([O-])C(F)(F)C(C(F)(F)F)(C(F)(F)F)C(F)(F)C(F)(F)C(F)(F)F. The van der Waals surface area contributed by atoms with Gasteiger partial charge in [0.05, 0.1) is 0 Å². The molecule has 0 radical (unpaired) electrons. The van der Waals surface area contributed by atoms with Crippen LogP contribution < -0.4 is 5.11 Å². The number of hydrogen-bond donors (Lipinski definition) is 0. The van der Waals surface area contributed by atoms with Crippen LogP contribution in [-0.2, 0) is 4.79 Å². The van der Waals surface area contributed by atoms with Crippen molar-refractivity contribution >= 4 is 5.97 Å². The van der Waals surface area contributed by atoms with Crippen LogP contribution >= 0.6 is 0 Å². The topological polar surface area (TPSA) is 40.1 Å². The van der Waals surface area contributed by atoms with Gasteiger partial charge in [-0.2, -0.15) is 65.9 Å². The van der Waals surface area contributed by atoms with Crippen molar-refractivity contribution in [1.29, 1.82) is 0 Å². The molecule has 0 aromatic rings. The quantitative estimate of drug-likeness (QED) is 0.664. The Kier molecular flexibility index (Phi) is 5.11. The highest BCUT2D eigenvalue weighted by molar-refractivity contribution is 5.75. The highest BCUT2D eigenvalue weighted by atomic mass is 19.4. The van der Waals surface area contributed by atoms with E-state index in [4.69, 9.17) is 0 Å². The Bertz CT molecular complexity index is 507. The number of rotatable bonds is 4. The number of aliphatic carboxylic acids is 1. The van der Waals surface area contributed by atoms with Crippen LogP contribution in [0.5, 0.6) is 0 Å². The highest BCUT2D eigenvalue weighted by Crippen LogP contribution is 2.70. The largest absolute Gasteiger partial charge is 0.544 e. The fraction of sp³-hybridized carbons (Fsp3) is 0.875. The van der Waals surface area contributed by atoms with E-state index in [9.17, 15) is 75.8 Å². The van der Waals surface area contributed by atoms with Gasteiger partial charge in [-0.1, -0.05) is 0 Å². The van der Waals surface area contributed by atoms with Gasteiger partial charge in [-0.05, 0) is 0 Å². The summed E-state index contributed by atoms with van der Waals surface area (Å²) in [5, 5.41) is 9.86. The summed E-state index contributed by atoms with van der Waals surface area (Å²) >= 11 is 0. The second-order valence-corrected chi connectivity index (χ2v) is 4.25. The van der Waals surface area contributed by atoms with Crippen molar-refractivity contribution in [2.24, 2.45) is 5.41 Å². The van der Waals surface area contributed by atoms with Gasteiger partial charge in [-0.15, -0.1) is 0 Å². The minimum absolute atomic E-state index is 4.92. The van der Waals surface area contributed by atoms with Crippen molar-refractivity contribution in [3.8, 4) is 0 Å². The highest BCUT2D eigenvalue weighted by Gasteiger charge is 2.99. The maximum Gasteiger partial charge on any atom is 0.459 e. The fourth-order valence-corrected chi connectivity index (χ4v) is 1.64. The molecule has 0 unspecified atom stereocenters. The summed E-state index contributed by atoms with van der Waals surface area (Å²) in [4.78, 5) is 9.86. The molecular formula is C8F15O2-. The molecule has 0 atom stereocenters. The minimum atomic E-state index is -8.75. The van der Waals surface area contributed by atoms with Crippen LogP contribution in [0.3, 0.4) is 0 Å². The second kappa shape index (κ2) is 5.46. The van der Waals surface area contributed by atoms with Gasteiger partial charge in [0.25, 0.3) is 5.41 Å². The van der Waals surface area contributed by atoms with E-state index in [1.54, 1.807) is 0 Å². The van der Waals surface area contributed by atoms with Gasteiger partial charge in [-0.3, -0.25) is 0 Å². The van der Waals surface area contributed by atoms with Gasteiger partial charge in [0.1, 0.15) is 5.97 Å². The van der Waals surface area contributed by atoms with Gasteiger partial charge < -0.3 is 9.90 Å². The lowest BCUT2D eigenvalue weighted by molar-refractivity contribution is -0.498. The summed E-state index contributed by atoms with van der Waals surface area (Å²) < 4.78 is 188. The molecule has 0 spiro atoms. The van der Waals surface area contributed by atoms with E-state index in [-0.39, 0.29) is 0 Å². The predicted molar refractivity (Wildman–Crippen MR) is 40.4 cm³/mol. The lowest BCUT2D eigenvalue weighted by Gasteiger charge is -2.48. The first-order valence-electron chi connectivity index (χ1n) is 4.99. The normalized spacial score (nSPS) is 16.1. The van der Waals surface area contributed by atoms with E-state index in [2.05, 4.69) is 0 Å². The summed E-state index contributed by atoms with van der Waals surface area (Å²) in [5.74, 6) is -30.0. The van der Waals surface area contributed by atoms with Crippen LogP contribution in [-0.4, -0.2) is 42.3 Å². The molecular weight excluding hydrogens is 413 g/mol. The van der Waals surface area contributed by atoms with Gasteiger partial charge in [0, 0.05) is 0 Å². The van der Waals surface area contributed by atoms with Crippen LogP contribution in [0, 0.1) is 5.41 Å². The third kappa shape index (κ3) is 2.74. The predicted octanol–water partition coefficient (Wildman–Crippen LogP) is 3.32. The molecule has 0 bridgehead atoms. The Hall–Kier alpha value is -1.58. The molecule has 0 aromatic heterocycles. The van der Waals surface area contributed by atoms with Gasteiger partial charge in [-0.25, -0.2) is 0 Å².